The summed E-state index contributed by atoms with van der Waals surface area (Å²) in [5.41, 5.74) is 5.81. The van der Waals surface area contributed by atoms with Crippen LogP contribution in [0, 0.1) is 13.8 Å². The number of hydrogen-bond acceptors (Lipinski definition) is 6. The number of thioether (sulfide) groups is 1. The molecule has 1 aromatic rings. The summed E-state index contributed by atoms with van der Waals surface area (Å²) in [6.45, 7) is 5.88. The molecule has 6 heteroatoms. The summed E-state index contributed by atoms with van der Waals surface area (Å²) in [5.74, 6) is 2.46. The molecule has 5 nitrogen and oxygen atoms in total. The zero-order valence-electron chi connectivity index (χ0n) is 10.7. The quantitative estimate of drug-likeness (QED) is 0.734. The van der Waals surface area contributed by atoms with Crippen LogP contribution in [0.4, 0.5) is 11.6 Å². The van der Waals surface area contributed by atoms with Gasteiger partial charge in [0.25, 0.3) is 0 Å². The average Bonchev–Trinajstić information content (AvgIpc) is 2.21. The lowest BCUT2D eigenvalue weighted by Crippen LogP contribution is -2.36. The smallest absolute Gasteiger partial charge is 0.134 e. The molecule has 1 aromatic heterocycles. The Hall–Kier alpha value is -1.01. The lowest BCUT2D eigenvalue weighted by Gasteiger charge is -2.23. The minimum Gasteiger partial charge on any atom is -0.387 e. The fourth-order valence-electron chi connectivity index (χ4n) is 1.46. The maximum Gasteiger partial charge on any atom is 0.134 e. The van der Waals surface area contributed by atoms with Crippen molar-refractivity contribution in [3.8, 4) is 0 Å². The van der Waals surface area contributed by atoms with Gasteiger partial charge in [-0.3, -0.25) is 0 Å². The van der Waals surface area contributed by atoms with Gasteiger partial charge < -0.3 is 16.2 Å². The van der Waals surface area contributed by atoms with E-state index in [2.05, 4.69) is 15.3 Å². The van der Waals surface area contributed by atoms with Crippen molar-refractivity contribution in [3.63, 3.8) is 0 Å². The topological polar surface area (TPSA) is 84.1 Å². The van der Waals surface area contributed by atoms with Crippen molar-refractivity contribution >= 4 is 23.4 Å². The lowest BCUT2D eigenvalue weighted by molar-refractivity contribution is 0.0996. The minimum absolute atomic E-state index is 0.435. The minimum atomic E-state index is -0.764. The molecule has 0 spiro atoms. The van der Waals surface area contributed by atoms with Crippen molar-refractivity contribution < 1.29 is 5.11 Å². The normalized spacial score (nSPS) is 14.4. The van der Waals surface area contributed by atoms with E-state index in [4.69, 9.17) is 5.73 Å². The molecule has 0 saturated carbocycles. The van der Waals surface area contributed by atoms with E-state index >= 15 is 0 Å². The first-order chi connectivity index (χ1) is 7.85. The summed E-state index contributed by atoms with van der Waals surface area (Å²) in [6.07, 6.45) is 1.96. The van der Waals surface area contributed by atoms with Crippen LogP contribution in [0.15, 0.2) is 0 Å². The number of nitrogen functional groups attached to an aromatic ring is 1. The molecule has 4 N–H and O–H groups in total. The van der Waals surface area contributed by atoms with Crippen LogP contribution in [0.5, 0.6) is 0 Å². The van der Waals surface area contributed by atoms with Gasteiger partial charge in [-0.25, -0.2) is 9.97 Å². The molecule has 0 amide bonds. The third-order valence-corrected chi connectivity index (χ3v) is 3.30. The molecular weight excluding hydrogens is 236 g/mol. The number of aliphatic hydroxyl groups is 1. The Kier molecular flexibility index (Phi) is 4.59. The van der Waals surface area contributed by atoms with Gasteiger partial charge >= 0.3 is 0 Å². The Morgan fingerprint density at radius 1 is 1.41 bits per heavy atom. The molecule has 1 atom stereocenters. The number of nitrogens with two attached hydrogens (primary N) is 1. The Morgan fingerprint density at radius 2 is 2.06 bits per heavy atom. The number of nitrogens with one attached hydrogen (secondary N) is 1. The molecule has 17 heavy (non-hydrogen) atoms. The molecule has 0 aliphatic rings. The maximum absolute atomic E-state index is 10.0. The van der Waals surface area contributed by atoms with Gasteiger partial charge in [-0.1, -0.05) is 0 Å². The Labute approximate surface area is 106 Å². The fraction of sp³-hybridized carbons (Fsp3) is 0.636. The first-order valence-corrected chi connectivity index (χ1v) is 6.81. The summed E-state index contributed by atoms with van der Waals surface area (Å²) in [6, 6.07) is 0. The molecule has 0 aliphatic heterocycles. The number of anilines is 2. The second kappa shape index (κ2) is 5.55. The number of aromatic nitrogens is 2. The number of aryl methyl sites for hydroxylation is 1. The number of nitrogens with zero attached hydrogens (tertiary/aromatic N) is 2. The second-order valence-corrected chi connectivity index (χ2v) is 5.28. The number of hydrogen-bond donors (Lipinski definition) is 3. The lowest BCUT2D eigenvalue weighted by atomic mass is 10.1. The van der Waals surface area contributed by atoms with Gasteiger partial charge in [0.05, 0.1) is 5.60 Å². The van der Waals surface area contributed by atoms with E-state index in [1.165, 1.54) is 0 Å². The molecular formula is C11H20N4OS. The molecule has 0 aromatic carbocycles. The Morgan fingerprint density at radius 3 is 2.65 bits per heavy atom. The summed E-state index contributed by atoms with van der Waals surface area (Å²) in [5, 5.41) is 13.2. The van der Waals surface area contributed by atoms with Crippen LogP contribution in [-0.2, 0) is 0 Å². The Bertz CT molecular complexity index is 395. The highest BCUT2D eigenvalue weighted by Gasteiger charge is 2.20. The van der Waals surface area contributed by atoms with Crippen LogP contribution >= 0.6 is 11.8 Å². The molecule has 0 aliphatic carbocycles. The van der Waals surface area contributed by atoms with Crippen molar-refractivity contribution in [2.45, 2.75) is 26.4 Å². The maximum atomic E-state index is 10.0. The summed E-state index contributed by atoms with van der Waals surface area (Å²) in [7, 11) is 0. The van der Waals surface area contributed by atoms with Gasteiger partial charge in [0.1, 0.15) is 17.5 Å². The van der Waals surface area contributed by atoms with E-state index in [1.807, 2.05) is 13.2 Å². The van der Waals surface area contributed by atoms with Crippen LogP contribution in [0.1, 0.15) is 18.3 Å². The zero-order chi connectivity index (χ0) is 13.1. The SMILES string of the molecule is CSCC(C)(O)CNc1nc(C)nc(N)c1C. The molecule has 1 unspecified atom stereocenters. The van der Waals surface area contributed by atoms with Crippen molar-refractivity contribution in [2.24, 2.45) is 0 Å². The van der Waals surface area contributed by atoms with Crippen molar-refractivity contribution in [1.82, 2.24) is 9.97 Å². The predicted molar refractivity (Wildman–Crippen MR) is 73.4 cm³/mol. The Balaban J connectivity index is 2.76. The molecule has 0 fully saturated rings. The van der Waals surface area contributed by atoms with E-state index in [0.717, 1.165) is 5.56 Å². The van der Waals surface area contributed by atoms with Gasteiger partial charge in [0.15, 0.2) is 0 Å². The summed E-state index contributed by atoms with van der Waals surface area (Å²) in [4.78, 5) is 8.35. The molecule has 1 heterocycles. The third kappa shape index (κ3) is 4.05. The highest BCUT2D eigenvalue weighted by atomic mass is 32.2. The fourth-order valence-corrected chi connectivity index (χ4v) is 2.18. The third-order valence-electron chi connectivity index (χ3n) is 2.39. The number of rotatable bonds is 5. The van der Waals surface area contributed by atoms with Crippen LogP contribution in [-0.4, -0.2) is 39.2 Å². The van der Waals surface area contributed by atoms with E-state index in [9.17, 15) is 5.11 Å². The largest absolute Gasteiger partial charge is 0.387 e. The molecule has 0 radical (unpaired) electrons. The predicted octanol–water partition coefficient (Wildman–Crippen LogP) is 1.20. The van der Waals surface area contributed by atoms with Crippen LogP contribution < -0.4 is 11.1 Å². The monoisotopic (exact) mass is 256 g/mol. The van der Waals surface area contributed by atoms with Crippen molar-refractivity contribution in [1.29, 1.82) is 0 Å². The highest BCUT2D eigenvalue weighted by Crippen LogP contribution is 2.18. The van der Waals surface area contributed by atoms with E-state index in [-0.39, 0.29) is 0 Å². The van der Waals surface area contributed by atoms with E-state index in [0.29, 0.717) is 29.8 Å². The molecule has 0 saturated heterocycles. The average molecular weight is 256 g/mol. The molecule has 1 rings (SSSR count). The van der Waals surface area contributed by atoms with Gasteiger partial charge in [-0.15, -0.1) is 0 Å². The van der Waals surface area contributed by atoms with Crippen molar-refractivity contribution in [3.05, 3.63) is 11.4 Å². The highest BCUT2D eigenvalue weighted by molar-refractivity contribution is 7.98. The van der Waals surface area contributed by atoms with Crippen molar-refractivity contribution in [2.75, 3.05) is 29.6 Å². The summed E-state index contributed by atoms with van der Waals surface area (Å²) < 4.78 is 0. The van der Waals surface area contributed by atoms with Gasteiger partial charge in [-0.05, 0) is 27.0 Å². The second-order valence-electron chi connectivity index (χ2n) is 4.41. The van der Waals surface area contributed by atoms with Crippen LogP contribution in [0.2, 0.25) is 0 Å². The van der Waals surface area contributed by atoms with Gasteiger partial charge in [0.2, 0.25) is 0 Å². The van der Waals surface area contributed by atoms with Crippen LogP contribution in [0.3, 0.4) is 0 Å². The van der Waals surface area contributed by atoms with E-state index < -0.39 is 5.60 Å². The first kappa shape index (κ1) is 14.1. The molecule has 0 bridgehead atoms. The standard InChI is InChI=1S/C11H20N4OS/c1-7-9(12)14-8(2)15-10(7)13-5-11(3,16)6-17-4/h16H,5-6H2,1-4H3,(H3,12,13,14,15). The van der Waals surface area contributed by atoms with Crippen LogP contribution in [0.25, 0.3) is 0 Å². The summed E-state index contributed by atoms with van der Waals surface area (Å²) >= 11 is 1.61. The van der Waals surface area contributed by atoms with Gasteiger partial charge in [0, 0.05) is 17.9 Å². The van der Waals surface area contributed by atoms with Gasteiger partial charge in [-0.2, -0.15) is 11.8 Å². The molecule has 96 valence electrons. The first-order valence-electron chi connectivity index (χ1n) is 5.41. The zero-order valence-corrected chi connectivity index (χ0v) is 11.6. The van der Waals surface area contributed by atoms with E-state index in [1.54, 1.807) is 25.6 Å².